The minimum Gasteiger partial charge on any atom is -0.356 e. The van der Waals surface area contributed by atoms with Crippen molar-refractivity contribution in [3.63, 3.8) is 0 Å². The second-order valence-electron chi connectivity index (χ2n) is 5.95. The van der Waals surface area contributed by atoms with Gasteiger partial charge in [0.25, 0.3) is 0 Å². The molecule has 2 unspecified atom stereocenters. The molecule has 1 aromatic heterocycles. The Morgan fingerprint density at radius 2 is 2.05 bits per heavy atom. The van der Waals surface area contributed by atoms with Crippen molar-refractivity contribution in [2.75, 3.05) is 24.5 Å². The Hall–Kier alpha value is -1.30. The summed E-state index contributed by atoms with van der Waals surface area (Å²) in [6.45, 7) is 2.84. The molecule has 0 spiro atoms. The van der Waals surface area contributed by atoms with E-state index in [1.54, 1.807) is 0 Å². The molecule has 0 amide bonds. The Labute approximate surface area is 122 Å². The van der Waals surface area contributed by atoms with Crippen molar-refractivity contribution < 1.29 is 13.2 Å². The fraction of sp³-hybridized carbons (Fsp3) is 0.667. The monoisotopic (exact) mass is 299 g/mol. The molecule has 21 heavy (non-hydrogen) atoms. The Morgan fingerprint density at radius 3 is 2.67 bits per heavy atom. The quantitative estimate of drug-likeness (QED) is 0.909. The number of hydrogen-bond donors (Lipinski definition) is 1. The van der Waals surface area contributed by atoms with E-state index < -0.39 is 11.7 Å². The molecule has 2 atom stereocenters. The van der Waals surface area contributed by atoms with Gasteiger partial charge in [-0.1, -0.05) is 0 Å². The van der Waals surface area contributed by atoms with Crippen LogP contribution in [-0.4, -0.2) is 30.7 Å². The van der Waals surface area contributed by atoms with Gasteiger partial charge in [-0.3, -0.25) is 0 Å². The highest BCUT2D eigenvalue weighted by molar-refractivity contribution is 5.40. The number of piperidine rings is 1. The first kappa shape index (κ1) is 14.6. The SMILES string of the molecule is FC(F)(F)c1ccc(N2CCCC(C3CCCN3)C2)nc1. The number of nitrogens with zero attached hydrogens (tertiary/aromatic N) is 2. The van der Waals surface area contributed by atoms with Crippen molar-refractivity contribution in [3.8, 4) is 0 Å². The van der Waals surface area contributed by atoms with E-state index in [1.807, 2.05) is 0 Å². The fourth-order valence-corrected chi connectivity index (χ4v) is 3.40. The van der Waals surface area contributed by atoms with Crippen molar-refractivity contribution in [2.45, 2.75) is 37.9 Å². The highest BCUT2D eigenvalue weighted by atomic mass is 19.4. The van der Waals surface area contributed by atoms with Crippen LogP contribution in [0, 0.1) is 5.92 Å². The van der Waals surface area contributed by atoms with Gasteiger partial charge in [-0.15, -0.1) is 0 Å². The average Bonchev–Trinajstić information content (AvgIpc) is 3.01. The van der Waals surface area contributed by atoms with Gasteiger partial charge in [0.05, 0.1) is 5.56 Å². The molecule has 2 saturated heterocycles. The lowest BCUT2D eigenvalue weighted by Crippen LogP contribution is -2.43. The van der Waals surface area contributed by atoms with Crippen molar-refractivity contribution in [2.24, 2.45) is 5.92 Å². The number of halogens is 3. The number of anilines is 1. The third-order valence-corrected chi connectivity index (χ3v) is 4.52. The number of aromatic nitrogens is 1. The Bertz CT molecular complexity index is 466. The van der Waals surface area contributed by atoms with Crippen LogP contribution in [0.15, 0.2) is 18.3 Å². The van der Waals surface area contributed by atoms with Crippen molar-refractivity contribution in [1.29, 1.82) is 0 Å². The van der Waals surface area contributed by atoms with Crippen LogP contribution in [0.1, 0.15) is 31.2 Å². The highest BCUT2D eigenvalue weighted by Gasteiger charge is 2.32. The van der Waals surface area contributed by atoms with E-state index in [0.29, 0.717) is 17.8 Å². The standard InChI is InChI=1S/C15H20F3N3/c16-15(17,18)12-5-6-14(20-9-12)21-8-2-3-11(10-21)13-4-1-7-19-13/h5-6,9,11,13,19H,1-4,7-8,10H2. The van der Waals surface area contributed by atoms with Gasteiger partial charge in [0.15, 0.2) is 0 Å². The maximum absolute atomic E-state index is 12.6. The van der Waals surface area contributed by atoms with Crippen LogP contribution >= 0.6 is 0 Å². The summed E-state index contributed by atoms with van der Waals surface area (Å²) in [6, 6.07) is 3.18. The van der Waals surface area contributed by atoms with Gasteiger partial charge >= 0.3 is 6.18 Å². The van der Waals surface area contributed by atoms with Crippen LogP contribution in [0.3, 0.4) is 0 Å². The predicted molar refractivity (Wildman–Crippen MR) is 75.2 cm³/mol. The smallest absolute Gasteiger partial charge is 0.356 e. The molecular formula is C15H20F3N3. The van der Waals surface area contributed by atoms with Gasteiger partial charge in [0.1, 0.15) is 5.82 Å². The maximum Gasteiger partial charge on any atom is 0.417 e. The number of alkyl halides is 3. The molecule has 2 fully saturated rings. The zero-order chi connectivity index (χ0) is 14.9. The lowest BCUT2D eigenvalue weighted by molar-refractivity contribution is -0.137. The van der Waals surface area contributed by atoms with Gasteiger partial charge in [-0.2, -0.15) is 13.2 Å². The zero-order valence-corrected chi connectivity index (χ0v) is 11.9. The van der Waals surface area contributed by atoms with Crippen LogP contribution < -0.4 is 10.2 Å². The van der Waals surface area contributed by atoms with E-state index in [-0.39, 0.29) is 0 Å². The molecule has 0 bridgehead atoms. The highest BCUT2D eigenvalue weighted by Crippen LogP contribution is 2.31. The molecular weight excluding hydrogens is 279 g/mol. The molecule has 3 nitrogen and oxygen atoms in total. The Kier molecular flexibility index (Phi) is 4.06. The first-order valence-electron chi connectivity index (χ1n) is 7.55. The molecule has 1 N–H and O–H groups in total. The van der Waals surface area contributed by atoms with Crippen molar-refractivity contribution >= 4 is 5.82 Å². The van der Waals surface area contributed by atoms with Gasteiger partial charge in [-0.25, -0.2) is 4.98 Å². The third-order valence-electron chi connectivity index (χ3n) is 4.52. The minimum absolute atomic E-state index is 0.558. The second kappa shape index (κ2) is 5.83. The first-order valence-corrected chi connectivity index (χ1v) is 7.55. The van der Waals surface area contributed by atoms with E-state index in [4.69, 9.17) is 0 Å². The molecule has 3 heterocycles. The third kappa shape index (κ3) is 3.31. The Balaban J connectivity index is 1.68. The largest absolute Gasteiger partial charge is 0.417 e. The van der Waals surface area contributed by atoms with Crippen molar-refractivity contribution in [3.05, 3.63) is 23.9 Å². The lowest BCUT2D eigenvalue weighted by Gasteiger charge is -2.36. The van der Waals surface area contributed by atoms with Gasteiger partial charge < -0.3 is 10.2 Å². The summed E-state index contributed by atoms with van der Waals surface area (Å²) < 4.78 is 37.7. The van der Waals surface area contributed by atoms with E-state index in [1.165, 1.54) is 25.3 Å². The van der Waals surface area contributed by atoms with E-state index in [9.17, 15) is 13.2 Å². The number of nitrogens with one attached hydrogen (secondary N) is 1. The first-order chi connectivity index (χ1) is 10.0. The van der Waals surface area contributed by atoms with Crippen molar-refractivity contribution in [1.82, 2.24) is 10.3 Å². The second-order valence-corrected chi connectivity index (χ2v) is 5.95. The van der Waals surface area contributed by atoms with Gasteiger partial charge in [0.2, 0.25) is 0 Å². The number of rotatable bonds is 2. The molecule has 0 aliphatic carbocycles. The lowest BCUT2D eigenvalue weighted by atomic mass is 9.90. The molecule has 2 aliphatic heterocycles. The average molecular weight is 299 g/mol. The van der Waals surface area contributed by atoms with Gasteiger partial charge in [-0.05, 0) is 50.3 Å². The number of pyridine rings is 1. The van der Waals surface area contributed by atoms with E-state index >= 15 is 0 Å². The molecule has 2 aliphatic rings. The van der Waals surface area contributed by atoms with E-state index in [0.717, 1.165) is 38.3 Å². The molecule has 0 radical (unpaired) electrons. The molecule has 6 heteroatoms. The zero-order valence-electron chi connectivity index (χ0n) is 11.9. The normalized spacial score (nSPS) is 27.1. The summed E-state index contributed by atoms with van der Waals surface area (Å²) in [4.78, 5) is 6.13. The van der Waals surface area contributed by atoms with Crippen LogP contribution in [0.4, 0.5) is 19.0 Å². The van der Waals surface area contributed by atoms with Crippen LogP contribution in [0.25, 0.3) is 0 Å². The summed E-state index contributed by atoms with van der Waals surface area (Å²) in [5.41, 5.74) is -0.683. The predicted octanol–water partition coefficient (Wildman–Crippen LogP) is 3.07. The molecule has 0 saturated carbocycles. The van der Waals surface area contributed by atoms with Gasteiger partial charge in [0, 0.05) is 25.3 Å². The van der Waals surface area contributed by atoms with Crippen LogP contribution in [0.2, 0.25) is 0 Å². The summed E-state index contributed by atoms with van der Waals surface area (Å²) in [5, 5.41) is 3.53. The summed E-state index contributed by atoms with van der Waals surface area (Å²) >= 11 is 0. The van der Waals surface area contributed by atoms with Crippen LogP contribution in [-0.2, 0) is 6.18 Å². The summed E-state index contributed by atoms with van der Waals surface area (Å²) in [7, 11) is 0. The summed E-state index contributed by atoms with van der Waals surface area (Å²) in [6.07, 6.45) is 1.31. The summed E-state index contributed by atoms with van der Waals surface area (Å²) in [5.74, 6) is 1.23. The number of hydrogen-bond acceptors (Lipinski definition) is 3. The molecule has 0 aromatic carbocycles. The maximum atomic E-state index is 12.6. The molecule has 116 valence electrons. The van der Waals surface area contributed by atoms with E-state index in [2.05, 4.69) is 15.2 Å². The minimum atomic E-state index is -4.32. The molecule has 1 aromatic rings. The van der Waals surface area contributed by atoms with Crippen LogP contribution in [0.5, 0.6) is 0 Å². The molecule has 3 rings (SSSR count). The topological polar surface area (TPSA) is 28.2 Å². The fourth-order valence-electron chi connectivity index (χ4n) is 3.40. The Morgan fingerprint density at radius 1 is 1.19 bits per heavy atom.